The van der Waals surface area contributed by atoms with Gasteiger partial charge in [0.1, 0.15) is 5.69 Å². The van der Waals surface area contributed by atoms with Gasteiger partial charge in [-0.1, -0.05) is 12.1 Å². The molecule has 2 heterocycles. The number of hydrogen-bond donors (Lipinski definition) is 1. The number of para-hydroxylation sites is 2. The maximum atomic E-state index is 4.55. The van der Waals surface area contributed by atoms with Gasteiger partial charge in [-0.05, 0) is 18.2 Å². The molecule has 0 aliphatic carbocycles. The van der Waals surface area contributed by atoms with Crippen molar-refractivity contribution in [2.24, 2.45) is 7.05 Å². The van der Waals surface area contributed by atoms with Crippen molar-refractivity contribution in [1.29, 1.82) is 0 Å². The minimum absolute atomic E-state index is 0.911. The van der Waals surface area contributed by atoms with Crippen molar-refractivity contribution in [2.45, 2.75) is 0 Å². The van der Waals surface area contributed by atoms with Crippen molar-refractivity contribution in [1.82, 2.24) is 19.7 Å². The summed E-state index contributed by atoms with van der Waals surface area (Å²) in [6, 6.07) is 9.99. The first-order chi connectivity index (χ1) is 7.36. The predicted molar refractivity (Wildman–Crippen MR) is 58.3 cm³/mol. The highest BCUT2D eigenvalue weighted by atomic mass is 15.1. The Balaban J connectivity index is 2.33. The Labute approximate surface area is 86.6 Å². The predicted octanol–water partition coefficient (Wildman–Crippen LogP) is 1.96. The third kappa shape index (κ3) is 1.15. The fraction of sp³-hybridized carbons (Fsp3) is 0.0909. The molecule has 0 radical (unpaired) electrons. The molecule has 2 aromatic heterocycles. The fourth-order valence-electron chi connectivity index (χ4n) is 1.77. The van der Waals surface area contributed by atoms with Gasteiger partial charge >= 0.3 is 0 Å². The van der Waals surface area contributed by atoms with E-state index in [1.54, 1.807) is 6.20 Å². The average molecular weight is 198 g/mol. The molecule has 0 bridgehead atoms. The lowest BCUT2D eigenvalue weighted by molar-refractivity contribution is 0.944. The Morgan fingerprint density at radius 1 is 1.20 bits per heavy atom. The minimum Gasteiger partial charge on any atom is -0.326 e. The number of nitrogens with zero attached hydrogens (tertiary/aromatic N) is 3. The summed E-state index contributed by atoms with van der Waals surface area (Å²) in [4.78, 5) is 4.55. The van der Waals surface area contributed by atoms with Gasteiger partial charge in [-0.25, -0.2) is 4.98 Å². The van der Waals surface area contributed by atoms with E-state index < -0.39 is 0 Å². The van der Waals surface area contributed by atoms with Crippen LogP contribution in [0.5, 0.6) is 0 Å². The van der Waals surface area contributed by atoms with Gasteiger partial charge in [0.25, 0.3) is 0 Å². The highest BCUT2D eigenvalue weighted by Crippen LogP contribution is 2.21. The van der Waals surface area contributed by atoms with Crippen molar-refractivity contribution < 1.29 is 0 Å². The SMILES string of the molecule is Cn1c(-c2ccn[nH]2)nc2ccccc21. The zero-order chi connectivity index (χ0) is 10.3. The van der Waals surface area contributed by atoms with Gasteiger partial charge in [-0.2, -0.15) is 5.10 Å². The first-order valence-corrected chi connectivity index (χ1v) is 4.77. The lowest BCUT2D eigenvalue weighted by Crippen LogP contribution is -1.92. The van der Waals surface area contributed by atoms with E-state index >= 15 is 0 Å². The van der Waals surface area contributed by atoms with Gasteiger partial charge in [-0.15, -0.1) is 0 Å². The molecule has 0 aliphatic heterocycles. The van der Waals surface area contributed by atoms with Crippen LogP contribution in [0, 0.1) is 0 Å². The fourth-order valence-corrected chi connectivity index (χ4v) is 1.77. The number of aromatic nitrogens is 4. The highest BCUT2D eigenvalue weighted by Gasteiger charge is 2.09. The summed E-state index contributed by atoms with van der Waals surface area (Å²) in [5, 5.41) is 6.85. The van der Waals surface area contributed by atoms with E-state index in [-0.39, 0.29) is 0 Å². The monoisotopic (exact) mass is 198 g/mol. The molecule has 0 aliphatic rings. The second-order valence-electron chi connectivity index (χ2n) is 3.45. The summed E-state index contributed by atoms with van der Waals surface area (Å²) in [5.74, 6) is 0.911. The molecular weight excluding hydrogens is 188 g/mol. The first kappa shape index (κ1) is 8.23. The summed E-state index contributed by atoms with van der Waals surface area (Å²) >= 11 is 0. The molecule has 0 fully saturated rings. The quantitative estimate of drug-likeness (QED) is 0.649. The molecule has 3 rings (SSSR count). The van der Waals surface area contributed by atoms with Crippen LogP contribution in [-0.2, 0) is 7.05 Å². The number of H-pyrrole nitrogens is 1. The zero-order valence-electron chi connectivity index (χ0n) is 8.31. The van der Waals surface area contributed by atoms with Crippen LogP contribution in [0.3, 0.4) is 0 Å². The number of rotatable bonds is 1. The number of hydrogen-bond acceptors (Lipinski definition) is 2. The molecule has 0 amide bonds. The molecule has 0 saturated carbocycles. The Hall–Kier alpha value is -2.10. The van der Waals surface area contributed by atoms with Crippen molar-refractivity contribution >= 4 is 11.0 Å². The van der Waals surface area contributed by atoms with Crippen LogP contribution in [0.1, 0.15) is 0 Å². The van der Waals surface area contributed by atoms with Crippen LogP contribution >= 0.6 is 0 Å². The normalized spacial score (nSPS) is 11.0. The summed E-state index contributed by atoms with van der Waals surface area (Å²) in [6.07, 6.45) is 1.73. The zero-order valence-corrected chi connectivity index (χ0v) is 8.31. The van der Waals surface area contributed by atoms with E-state index in [1.165, 1.54) is 0 Å². The van der Waals surface area contributed by atoms with Crippen LogP contribution in [-0.4, -0.2) is 19.7 Å². The Morgan fingerprint density at radius 2 is 2.07 bits per heavy atom. The lowest BCUT2D eigenvalue weighted by Gasteiger charge is -1.98. The molecular formula is C11H10N4. The minimum atomic E-state index is 0.911. The molecule has 0 atom stereocenters. The molecule has 0 spiro atoms. The second-order valence-corrected chi connectivity index (χ2v) is 3.45. The van der Waals surface area contributed by atoms with Gasteiger partial charge in [0.05, 0.1) is 11.0 Å². The van der Waals surface area contributed by atoms with Crippen molar-refractivity contribution in [3.8, 4) is 11.5 Å². The average Bonchev–Trinajstić information content (AvgIpc) is 2.87. The number of benzene rings is 1. The highest BCUT2D eigenvalue weighted by molar-refractivity contribution is 5.79. The first-order valence-electron chi connectivity index (χ1n) is 4.77. The molecule has 0 saturated heterocycles. The Kier molecular flexibility index (Phi) is 1.62. The van der Waals surface area contributed by atoms with Crippen molar-refractivity contribution in [3.05, 3.63) is 36.5 Å². The maximum absolute atomic E-state index is 4.55. The second kappa shape index (κ2) is 2.95. The van der Waals surface area contributed by atoms with Crippen LogP contribution < -0.4 is 0 Å². The third-order valence-corrected chi connectivity index (χ3v) is 2.53. The summed E-state index contributed by atoms with van der Waals surface area (Å²) in [7, 11) is 2.01. The van der Waals surface area contributed by atoms with Crippen LogP contribution in [0.25, 0.3) is 22.6 Å². The summed E-state index contributed by atoms with van der Waals surface area (Å²) in [5.41, 5.74) is 3.07. The smallest absolute Gasteiger partial charge is 0.158 e. The molecule has 4 nitrogen and oxygen atoms in total. The van der Waals surface area contributed by atoms with Gasteiger partial charge in [0, 0.05) is 13.2 Å². The number of fused-ring (bicyclic) bond motifs is 1. The number of imidazole rings is 1. The molecule has 1 aromatic carbocycles. The summed E-state index contributed by atoms with van der Waals surface area (Å²) < 4.78 is 2.06. The molecule has 15 heavy (non-hydrogen) atoms. The van der Waals surface area contributed by atoms with E-state index in [4.69, 9.17) is 0 Å². The van der Waals surface area contributed by atoms with Gasteiger partial charge < -0.3 is 4.57 Å². The standard InChI is InChI=1S/C11H10N4/c1-15-10-5-3-2-4-8(10)13-11(15)9-6-7-12-14-9/h2-7H,1H3,(H,12,14). The molecule has 0 unspecified atom stereocenters. The molecule has 3 aromatic rings. The van der Waals surface area contributed by atoms with E-state index in [9.17, 15) is 0 Å². The Morgan fingerprint density at radius 3 is 2.80 bits per heavy atom. The topological polar surface area (TPSA) is 46.5 Å². The number of aromatic amines is 1. The molecule has 74 valence electrons. The van der Waals surface area contributed by atoms with Crippen LogP contribution in [0.15, 0.2) is 36.5 Å². The van der Waals surface area contributed by atoms with Crippen molar-refractivity contribution in [3.63, 3.8) is 0 Å². The van der Waals surface area contributed by atoms with Gasteiger partial charge in [0.2, 0.25) is 0 Å². The van der Waals surface area contributed by atoms with Crippen LogP contribution in [0.4, 0.5) is 0 Å². The summed E-state index contributed by atoms with van der Waals surface area (Å²) in [6.45, 7) is 0. The maximum Gasteiger partial charge on any atom is 0.158 e. The van der Waals surface area contributed by atoms with E-state index in [0.717, 1.165) is 22.6 Å². The molecule has 4 heteroatoms. The van der Waals surface area contributed by atoms with Crippen LogP contribution in [0.2, 0.25) is 0 Å². The van der Waals surface area contributed by atoms with Gasteiger partial charge in [0.15, 0.2) is 5.82 Å². The van der Waals surface area contributed by atoms with E-state index in [2.05, 4.69) is 25.8 Å². The lowest BCUT2D eigenvalue weighted by atomic mass is 10.3. The largest absolute Gasteiger partial charge is 0.326 e. The number of aryl methyl sites for hydroxylation is 1. The van der Waals surface area contributed by atoms with Crippen molar-refractivity contribution in [2.75, 3.05) is 0 Å². The van der Waals surface area contributed by atoms with Gasteiger partial charge in [-0.3, -0.25) is 5.10 Å². The van der Waals surface area contributed by atoms with E-state index in [1.807, 2.05) is 31.3 Å². The molecule has 1 N–H and O–H groups in total. The Bertz CT molecular complexity index is 592. The number of nitrogens with one attached hydrogen (secondary N) is 1. The van der Waals surface area contributed by atoms with E-state index in [0.29, 0.717) is 0 Å². The third-order valence-electron chi connectivity index (χ3n) is 2.53.